The number of hydrogen-bond acceptors (Lipinski definition) is 6. The number of aromatic nitrogens is 2. The molecule has 1 heterocycles. The lowest BCUT2D eigenvalue weighted by atomic mass is 10.4. The largest absolute Gasteiger partial charge is 0.379 e. The molecule has 1 aromatic rings. The molecule has 0 fully saturated rings. The number of anilines is 1. The highest BCUT2D eigenvalue weighted by Gasteiger charge is 2.06. The van der Waals surface area contributed by atoms with Crippen LogP contribution in [0.25, 0.3) is 0 Å². The van der Waals surface area contributed by atoms with Crippen molar-refractivity contribution < 1.29 is 9.47 Å². The van der Waals surface area contributed by atoms with Gasteiger partial charge in [0.05, 0.1) is 12.7 Å². The molecular weight excluding hydrogens is 214 g/mol. The van der Waals surface area contributed by atoms with Crippen LogP contribution in [0, 0.1) is 0 Å². The van der Waals surface area contributed by atoms with Crippen molar-refractivity contribution in [1.82, 2.24) is 10.2 Å². The van der Waals surface area contributed by atoms with Crippen LogP contribution in [-0.2, 0) is 16.1 Å². The molecule has 0 saturated heterocycles. The van der Waals surface area contributed by atoms with Crippen molar-refractivity contribution in [1.29, 1.82) is 0 Å². The van der Waals surface area contributed by atoms with Crippen LogP contribution >= 0.6 is 11.3 Å². The third-order valence-corrected chi connectivity index (χ3v) is 2.64. The van der Waals surface area contributed by atoms with Crippen molar-refractivity contribution in [2.75, 3.05) is 25.6 Å². The van der Waals surface area contributed by atoms with Gasteiger partial charge in [-0.3, -0.25) is 0 Å². The molecule has 1 unspecified atom stereocenters. The molecule has 1 rings (SSSR count). The standard InChI is InChI=1S/C9H17N3O2S/c1-4-13-5-7(2)14-6-8-11-12-9(10-3)15-8/h7H,4-6H2,1-3H3,(H,10,12). The van der Waals surface area contributed by atoms with E-state index in [0.717, 1.165) is 16.7 Å². The van der Waals surface area contributed by atoms with E-state index in [2.05, 4.69) is 15.5 Å². The normalized spacial score (nSPS) is 12.7. The van der Waals surface area contributed by atoms with Crippen LogP contribution in [0.15, 0.2) is 0 Å². The number of hydrogen-bond donors (Lipinski definition) is 1. The molecule has 15 heavy (non-hydrogen) atoms. The second kappa shape index (κ2) is 6.71. The molecule has 0 aliphatic rings. The molecule has 0 aliphatic carbocycles. The Bertz CT molecular complexity index is 280. The van der Waals surface area contributed by atoms with E-state index < -0.39 is 0 Å². The first-order chi connectivity index (χ1) is 7.26. The van der Waals surface area contributed by atoms with Crippen molar-refractivity contribution in [2.24, 2.45) is 0 Å². The highest BCUT2D eigenvalue weighted by atomic mass is 32.1. The molecule has 0 radical (unpaired) electrons. The zero-order chi connectivity index (χ0) is 11.1. The Labute approximate surface area is 93.8 Å². The molecule has 0 amide bonds. The van der Waals surface area contributed by atoms with Gasteiger partial charge in [-0.25, -0.2) is 0 Å². The Morgan fingerprint density at radius 1 is 1.47 bits per heavy atom. The number of nitrogens with zero attached hydrogens (tertiary/aromatic N) is 2. The molecule has 0 aliphatic heterocycles. The summed E-state index contributed by atoms with van der Waals surface area (Å²) in [5.74, 6) is 0. The van der Waals surface area contributed by atoms with Crippen LogP contribution in [0.5, 0.6) is 0 Å². The summed E-state index contributed by atoms with van der Waals surface area (Å²) in [4.78, 5) is 0. The van der Waals surface area contributed by atoms with Crippen molar-refractivity contribution in [3.05, 3.63) is 5.01 Å². The Balaban J connectivity index is 2.24. The quantitative estimate of drug-likeness (QED) is 0.771. The molecule has 5 nitrogen and oxygen atoms in total. The zero-order valence-electron chi connectivity index (χ0n) is 9.32. The second-order valence-corrected chi connectivity index (χ2v) is 4.09. The summed E-state index contributed by atoms with van der Waals surface area (Å²) in [6.45, 7) is 5.78. The lowest BCUT2D eigenvalue weighted by Gasteiger charge is -2.10. The van der Waals surface area contributed by atoms with Crippen LogP contribution in [0.2, 0.25) is 0 Å². The molecule has 0 saturated carbocycles. The first-order valence-electron chi connectivity index (χ1n) is 4.95. The van der Waals surface area contributed by atoms with Crippen LogP contribution < -0.4 is 5.32 Å². The summed E-state index contributed by atoms with van der Waals surface area (Å²) in [6, 6.07) is 0. The minimum Gasteiger partial charge on any atom is -0.379 e. The van der Waals surface area contributed by atoms with Gasteiger partial charge in [0.2, 0.25) is 5.13 Å². The Morgan fingerprint density at radius 3 is 2.87 bits per heavy atom. The van der Waals surface area contributed by atoms with Gasteiger partial charge in [0.25, 0.3) is 0 Å². The first kappa shape index (κ1) is 12.4. The highest BCUT2D eigenvalue weighted by molar-refractivity contribution is 7.15. The van der Waals surface area contributed by atoms with Crippen LogP contribution in [0.4, 0.5) is 5.13 Å². The molecule has 1 atom stereocenters. The fourth-order valence-electron chi connectivity index (χ4n) is 0.958. The summed E-state index contributed by atoms with van der Waals surface area (Å²) in [7, 11) is 1.82. The van der Waals surface area contributed by atoms with Crippen LogP contribution in [0.1, 0.15) is 18.9 Å². The van der Waals surface area contributed by atoms with Crippen LogP contribution in [0.3, 0.4) is 0 Å². The summed E-state index contributed by atoms with van der Waals surface area (Å²) < 4.78 is 10.8. The van der Waals surface area contributed by atoms with Gasteiger partial charge in [-0.1, -0.05) is 11.3 Å². The van der Waals surface area contributed by atoms with E-state index in [9.17, 15) is 0 Å². The smallest absolute Gasteiger partial charge is 0.205 e. The first-order valence-corrected chi connectivity index (χ1v) is 5.77. The Kier molecular flexibility index (Phi) is 5.52. The number of rotatable bonds is 7. The van der Waals surface area contributed by atoms with Gasteiger partial charge in [0.15, 0.2) is 0 Å². The zero-order valence-corrected chi connectivity index (χ0v) is 10.1. The van der Waals surface area contributed by atoms with Gasteiger partial charge in [0, 0.05) is 13.7 Å². The average Bonchev–Trinajstić information content (AvgIpc) is 2.71. The Morgan fingerprint density at radius 2 is 2.27 bits per heavy atom. The molecule has 0 bridgehead atoms. The summed E-state index contributed by atoms with van der Waals surface area (Å²) >= 11 is 1.50. The molecule has 0 aromatic carbocycles. The van der Waals surface area contributed by atoms with E-state index >= 15 is 0 Å². The highest BCUT2D eigenvalue weighted by Crippen LogP contribution is 2.15. The monoisotopic (exact) mass is 231 g/mol. The molecule has 1 N–H and O–H groups in total. The second-order valence-electron chi connectivity index (χ2n) is 3.03. The van der Waals surface area contributed by atoms with E-state index in [4.69, 9.17) is 9.47 Å². The maximum absolute atomic E-state index is 5.54. The van der Waals surface area contributed by atoms with E-state index in [-0.39, 0.29) is 6.10 Å². The maximum Gasteiger partial charge on any atom is 0.205 e. The molecule has 6 heteroatoms. The van der Waals surface area contributed by atoms with Crippen molar-refractivity contribution in [2.45, 2.75) is 26.6 Å². The van der Waals surface area contributed by atoms with E-state index in [0.29, 0.717) is 13.2 Å². The average molecular weight is 231 g/mol. The van der Waals surface area contributed by atoms with E-state index in [1.54, 1.807) is 0 Å². The van der Waals surface area contributed by atoms with Crippen molar-refractivity contribution >= 4 is 16.5 Å². The van der Waals surface area contributed by atoms with Gasteiger partial charge in [-0.05, 0) is 13.8 Å². The predicted octanol–water partition coefficient (Wildman–Crippen LogP) is 1.52. The van der Waals surface area contributed by atoms with E-state index in [1.807, 2.05) is 20.9 Å². The van der Waals surface area contributed by atoms with E-state index in [1.165, 1.54) is 11.3 Å². The van der Waals surface area contributed by atoms with Gasteiger partial charge in [-0.2, -0.15) is 0 Å². The molecule has 0 spiro atoms. The topological polar surface area (TPSA) is 56.3 Å². The van der Waals surface area contributed by atoms with Gasteiger partial charge in [0.1, 0.15) is 11.6 Å². The van der Waals surface area contributed by atoms with Gasteiger partial charge < -0.3 is 14.8 Å². The third kappa shape index (κ3) is 4.55. The lowest BCUT2D eigenvalue weighted by molar-refractivity contribution is -0.0118. The minimum atomic E-state index is 0.0897. The van der Waals surface area contributed by atoms with Gasteiger partial charge >= 0.3 is 0 Å². The molecular formula is C9H17N3O2S. The minimum absolute atomic E-state index is 0.0897. The van der Waals surface area contributed by atoms with Crippen molar-refractivity contribution in [3.63, 3.8) is 0 Å². The van der Waals surface area contributed by atoms with Crippen LogP contribution in [-0.4, -0.2) is 36.6 Å². The number of nitrogens with one attached hydrogen (secondary N) is 1. The third-order valence-electron chi connectivity index (χ3n) is 1.73. The molecule has 1 aromatic heterocycles. The number of ether oxygens (including phenoxy) is 2. The summed E-state index contributed by atoms with van der Waals surface area (Å²) in [5.41, 5.74) is 0. The van der Waals surface area contributed by atoms with Gasteiger partial charge in [-0.15, -0.1) is 10.2 Å². The fourth-order valence-corrected chi connectivity index (χ4v) is 1.57. The maximum atomic E-state index is 5.54. The SMILES string of the molecule is CCOCC(C)OCc1nnc(NC)s1. The van der Waals surface area contributed by atoms with Crippen molar-refractivity contribution in [3.8, 4) is 0 Å². The Hall–Kier alpha value is -0.720. The molecule has 86 valence electrons. The lowest BCUT2D eigenvalue weighted by Crippen LogP contribution is -2.15. The summed E-state index contributed by atoms with van der Waals surface area (Å²) in [6.07, 6.45) is 0.0897. The fraction of sp³-hybridized carbons (Fsp3) is 0.778. The summed E-state index contributed by atoms with van der Waals surface area (Å²) in [5, 5.41) is 12.5. The predicted molar refractivity (Wildman–Crippen MR) is 60.2 cm³/mol.